The van der Waals surface area contributed by atoms with Gasteiger partial charge in [0.25, 0.3) is 0 Å². The van der Waals surface area contributed by atoms with Crippen molar-refractivity contribution in [3.63, 3.8) is 0 Å². The lowest BCUT2D eigenvalue weighted by atomic mass is 10.0. The minimum absolute atomic E-state index is 0.0705. The van der Waals surface area contributed by atoms with Crippen molar-refractivity contribution >= 4 is 17.9 Å². The van der Waals surface area contributed by atoms with Gasteiger partial charge in [-0.2, -0.15) is 0 Å². The molecule has 0 heterocycles. The number of unbranched alkanes of at least 4 members (excludes halogenated alkanes) is 52. The molecule has 0 radical (unpaired) electrons. The monoisotopic (exact) mass is 1150 g/mol. The van der Waals surface area contributed by atoms with Gasteiger partial charge in [0.05, 0.1) is 0 Å². The Hall–Kier alpha value is -2.37. The molecule has 0 aliphatic carbocycles. The summed E-state index contributed by atoms with van der Waals surface area (Å²) in [6.45, 7) is 6.69. The third-order valence-electron chi connectivity index (χ3n) is 16.9. The summed E-state index contributed by atoms with van der Waals surface area (Å²) in [5, 5.41) is 0. The van der Waals surface area contributed by atoms with Crippen molar-refractivity contribution in [1.82, 2.24) is 0 Å². The van der Waals surface area contributed by atoms with Gasteiger partial charge < -0.3 is 14.2 Å². The van der Waals surface area contributed by atoms with Crippen LogP contribution < -0.4 is 0 Å². The third-order valence-corrected chi connectivity index (χ3v) is 16.9. The van der Waals surface area contributed by atoms with E-state index in [9.17, 15) is 14.4 Å². The van der Waals surface area contributed by atoms with Gasteiger partial charge in [-0.1, -0.05) is 353 Å². The lowest BCUT2D eigenvalue weighted by Gasteiger charge is -2.18. The van der Waals surface area contributed by atoms with E-state index in [0.29, 0.717) is 19.3 Å². The van der Waals surface area contributed by atoms with Gasteiger partial charge >= 0.3 is 17.9 Å². The van der Waals surface area contributed by atoms with Crippen LogP contribution in [0.2, 0.25) is 0 Å². The van der Waals surface area contributed by atoms with Crippen LogP contribution in [0.5, 0.6) is 0 Å². The van der Waals surface area contributed by atoms with Crippen molar-refractivity contribution in [2.75, 3.05) is 13.2 Å². The molecule has 0 aromatic carbocycles. The second-order valence-corrected chi connectivity index (χ2v) is 25.2. The number of carbonyl (C=O) groups excluding carboxylic acids is 3. The Morgan fingerprint density at radius 3 is 0.683 bits per heavy atom. The maximum absolute atomic E-state index is 13.0. The molecule has 0 bridgehead atoms. The van der Waals surface area contributed by atoms with Gasteiger partial charge in [0.1, 0.15) is 13.2 Å². The fourth-order valence-corrected chi connectivity index (χ4v) is 11.3. The first-order valence-corrected chi connectivity index (χ1v) is 37.0. The molecule has 0 saturated heterocycles. The zero-order chi connectivity index (χ0) is 59.2. The van der Waals surface area contributed by atoms with Crippen LogP contribution in [0.3, 0.4) is 0 Å². The predicted molar refractivity (Wildman–Crippen MR) is 358 cm³/mol. The molecule has 0 N–H and O–H groups in total. The van der Waals surface area contributed by atoms with E-state index in [4.69, 9.17) is 14.2 Å². The Kier molecular flexibility index (Phi) is 69.1. The first-order chi connectivity index (χ1) is 40.5. The summed E-state index contributed by atoms with van der Waals surface area (Å²) in [5.41, 5.74) is 0. The van der Waals surface area contributed by atoms with E-state index in [-0.39, 0.29) is 31.1 Å². The van der Waals surface area contributed by atoms with Crippen LogP contribution >= 0.6 is 0 Å². The van der Waals surface area contributed by atoms with Crippen molar-refractivity contribution in [3.05, 3.63) is 36.5 Å². The van der Waals surface area contributed by atoms with Gasteiger partial charge in [0.2, 0.25) is 0 Å². The molecule has 0 saturated carbocycles. The Morgan fingerprint density at radius 1 is 0.244 bits per heavy atom. The number of esters is 3. The SMILES string of the molecule is CCCCCCC/C=C\C/C=C\CCCCCCCCCCCCCC(=O)OC(COC(=O)CCCCCCC/C=C\CCCCCCC)COC(=O)CCCCCCCCCCCCCCCCCCCCCCCCCCCCC. The molecule has 1 atom stereocenters. The normalized spacial score (nSPS) is 12.2. The van der Waals surface area contributed by atoms with E-state index in [1.165, 1.54) is 302 Å². The van der Waals surface area contributed by atoms with Crippen LogP contribution in [-0.2, 0) is 28.6 Å². The molecular formula is C76H142O6. The van der Waals surface area contributed by atoms with Crippen molar-refractivity contribution in [2.24, 2.45) is 0 Å². The fraction of sp³-hybridized carbons (Fsp3) is 0.882. The summed E-state index contributed by atoms with van der Waals surface area (Å²) in [6.07, 6.45) is 89.0. The molecule has 0 amide bonds. The Bertz CT molecular complexity index is 1370. The summed E-state index contributed by atoms with van der Waals surface area (Å²) < 4.78 is 17.0. The van der Waals surface area contributed by atoms with E-state index in [1.54, 1.807) is 0 Å². The third kappa shape index (κ3) is 68.4. The number of carbonyl (C=O) groups is 3. The van der Waals surface area contributed by atoms with E-state index < -0.39 is 6.10 Å². The maximum atomic E-state index is 13.0. The van der Waals surface area contributed by atoms with E-state index in [1.807, 2.05) is 0 Å². The largest absolute Gasteiger partial charge is 0.462 e. The molecular weight excluding hydrogens is 1010 g/mol. The quantitative estimate of drug-likeness (QED) is 0.0261. The number of ether oxygens (including phenoxy) is 3. The first-order valence-electron chi connectivity index (χ1n) is 37.0. The van der Waals surface area contributed by atoms with Gasteiger partial charge in [-0.15, -0.1) is 0 Å². The fourth-order valence-electron chi connectivity index (χ4n) is 11.3. The molecule has 1 unspecified atom stereocenters. The molecule has 0 aliphatic rings. The Labute approximate surface area is 512 Å². The average Bonchev–Trinajstić information content (AvgIpc) is 3.47. The lowest BCUT2D eigenvalue weighted by molar-refractivity contribution is -0.167. The van der Waals surface area contributed by atoms with E-state index in [2.05, 4.69) is 57.2 Å². The Balaban J connectivity index is 4.22. The van der Waals surface area contributed by atoms with Crippen LogP contribution in [0.15, 0.2) is 36.5 Å². The second kappa shape index (κ2) is 71.1. The number of allylic oxidation sites excluding steroid dienone is 6. The number of hydrogen-bond donors (Lipinski definition) is 0. The molecule has 6 heteroatoms. The lowest BCUT2D eigenvalue weighted by Crippen LogP contribution is -2.30. The van der Waals surface area contributed by atoms with Gasteiger partial charge in [-0.05, 0) is 77.0 Å². The summed E-state index contributed by atoms with van der Waals surface area (Å²) in [6, 6.07) is 0. The van der Waals surface area contributed by atoms with Gasteiger partial charge in [0, 0.05) is 19.3 Å². The van der Waals surface area contributed by atoms with Crippen LogP contribution in [0.1, 0.15) is 412 Å². The number of rotatable bonds is 69. The molecule has 0 aromatic heterocycles. The number of hydrogen-bond acceptors (Lipinski definition) is 6. The van der Waals surface area contributed by atoms with Crippen LogP contribution in [0.4, 0.5) is 0 Å². The molecule has 0 rings (SSSR count). The smallest absolute Gasteiger partial charge is 0.306 e. The van der Waals surface area contributed by atoms with E-state index >= 15 is 0 Å². The minimum atomic E-state index is -0.776. The topological polar surface area (TPSA) is 78.9 Å². The standard InChI is InChI=1S/C76H142O6/c1-4-7-10-13-16-19-22-25-28-30-32-34-36-37-38-39-41-42-44-46-48-51-54-57-60-63-66-69-75(78)81-72-73(71-80-74(77)68-65-62-59-56-53-50-27-24-21-18-15-12-9-6-3)82-76(79)70-67-64-61-58-55-52-49-47-45-43-40-35-33-31-29-26-23-20-17-14-11-8-5-2/h23-24,26-27,31,33,73H,4-22,25,28-30,32,34-72H2,1-3H3/b26-23-,27-24-,33-31-. The van der Waals surface area contributed by atoms with Crippen LogP contribution in [0.25, 0.3) is 0 Å². The predicted octanol–water partition coefficient (Wildman–Crippen LogP) is 25.5. The van der Waals surface area contributed by atoms with Gasteiger partial charge in [0.15, 0.2) is 6.10 Å². The zero-order valence-corrected chi connectivity index (χ0v) is 55.5. The van der Waals surface area contributed by atoms with Gasteiger partial charge in [-0.3, -0.25) is 14.4 Å². The molecule has 0 aliphatic heterocycles. The minimum Gasteiger partial charge on any atom is -0.462 e. The Morgan fingerprint density at radius 2 is 0.439 bits per heavy atom. The van der Waals surface area contributed by atoms with Gasteiger partial charge in [-0.25, -0.2) is 0 Å². The van der Waals surface area contributed by atoms with Crippen molar-refractivity contribution in [1.29, 1.82) is 0 Å². The molecule has 0 aromatic rings. The second-order valence-electron chi connectivity index (χ2n) is 25.2. The highest BCUT2D eigenvalue weighted by molar-refractivity contribution is 5.71. The summed E-state index contributed by atoms with van der Waals surface area (Å²) >= 11 is 0. The molecule has 6 nitrogen and oxygen atoms in total. The summed E-state index contributed by atoms with van der Waals surface area (Å²) in [5.74, 6) is -0.851. The molecule has 82 heavy (non-hydrogen) atoms. The highest BCUT2D eigenvalue weighted by atomic mass is 16.6. The zero-order valence-electron chi connectivity index (χ0n) is 55.5. The highest BCUT2D eigenvalue weighted by Gasteiger charge is 2.19. The summed E-state index contributed by atoms with van der Waals surface area (Å²) in [4.78, 5) is 38.5. The molecule has 0 fully saturated rings. The highest BCUT2D eigenvalue weighted by Crippen LogP contribution is 2.19. The van der Waals surface area contributed by atoms with E-state index in [0.717, 1.165) is 70.6 Å². The maximum Gasteiger partial charge on any atom is 0.306 e. The summed E-state index contributed by atoms with van der Waals surface area (Å²) in [7, 11) is 0. The molecule has 0 spiro atoms. The van der Waals surface area contributed by atoms with Crippen LogP contribution in [0, 0.1) is 0 Å². The van der Waals surface area contributed by atoms with Crippen molar-refractivity contribution < 1.29 is 28.6 Å². The van der Waals surface area contributed by atoms with Crippen molar-refractivity contribution in [2.45, 2.75) is 419 Å². The van der Waals surface area contributed by atoms with Crippen molar-refractivity contribution in [3.8, 4) is 0 Å². The molecule has 482 valence electrons. The average molecular weight is 1150 g/mol. The van der Waals surface area contributed by atoms with Crippen LogP contribution in [-0.4, -0.2) is 37.2 Å². The first kappa shape index (κ1) is 79.6.